The molecule has 0 unspecified atom stereocenters. The zero-order chi connectivity index (χ0) is 18.6. The number of halogens is 7. The number of hydrogen-bond acceptors (Lipinski definition) is 3. The lowest BCUT2D eigenvalue weighted by atomic mass is 10.0. The molecule has 0 aliphatic carbocycles. The Hall–Kier alpha value is -2.49. The molecule has 0 radical (unpaired) electrons. The van der Waals surface area contributed by atoms with Crippen LogP contribution in [0.3, 0.4) is 0 Å². The van der Waals surface area contributed by atoms with E-state index in [1.807, 2.05) is 0 Å². The van der Waals surface area contributed by atoms with E-state index in [4.69, 9.17) is 4.74 Å². The van der Waals surface area contributed by atoms with Crippen molar-refractivity contribution in [3.05, 3.63) is 53.1 Å². The first-order valence-corrected chi connectivity index (χ1v) is 6.62. The van der Waals surface area contributed by atoms with Crippen LogP contribution in [0.5, 0.6) is 17.2 Å². The molecule has 0 saturated heterocycles. The van der Waals surface area contributed by atoms with Crippen molar-refractivity contribution in [2.24, 2.45) is 0 Å². The molecule has 2 aromatic carbocycles. The smallest absolute Gasteiger partial charge is 0.429 e. The normalized spacial score (nSPS) is 18.6. The van der Waals surface area contributed by atoms with E-state index >= 15 is 0 Å². The minimum absolute atomic E-state index is 0.401. The standard InChI is InChI=1S/C15H7F7O3/c16-6-3-7(17)5-8(4-6)24-10-2-1-9(14(18,19)20)11-12(10)25-15(21,22)13(11)23/h1-5,13,23H/t13-/m0/s1. The van der Waals surface area contributed by atoms with E-state index in [-0.39, 0.29) is 0 Å². The van der Waals surface area contributed by atoms with Gasteiger partial charge in [0.1, 0.15) is 17.4 Å². The highest BCUT2D eigenvalue weighted by atomic mass is 19.4. The number of rotatable bonds is 2. The van der Waals surface area contributed by atoms with Crippen molar-refractivity contribution in [1.29, 1.82) is 0 Å². The van der Waals surface area contributed by atoms with Gasteiger partial charge in [0.15, 0.2) is 17.6 Å². The Labute approximate surface area is 135 Å². The third-order valence-corrected chi connectivity index (χ3v) is 3.36. The summed E-state index contributed by atoms with van der Waals surface area (Å²) < 4.78 is 101. The number of aliphatic hydroxyl groups is 1. The lowest BCUT2D eigenvalue weighted by molar-refractivity contribution is -0.225. The maximum Gasteiger partial charge on any atom is 0.429 e. The minimum atomic E-state index is -5.04. The van der Waals surface area contributed by atoms with Crippen LogP contribution in [-0.2, 0) is 6.18 Å². The van der Waals surface area contributed by atoms with Gasteiger partial charge in [-0.2, -0.15) is 22.0 Å². The molecule has 3 nitrogen and oxygen atoms in total. The molecule has 0 amide bonds. The molecule has 1 aliphatic rings. The summed E-state index contributed by atoms with van der Waals surface area (Å²) in [5.41, 5.74) is -2.75. The fourth-order valence-corrected chi connectivity index (χ4v) is 2.36. The topological polar surface area (TPSA) is 38.7 Å². The highest BCUT2D eigenvalue weighted by Gasteiger charge is 2.55. The van der Waals surface area contributed by atoms with Crippen molar-refractivity contribution >= 4 is 0 Å². The molecule has 1 heterocycles. The molecule has 1 aliphatic heterocycles. The molecule has 3 rings (SSSR count). The van der Waals surface area contributed by atoms with Crippen LogP contribution < -0.4 is 9.47 Å². The monoisotopic (exact) mass is 368 g/mol. The van der Waals surface area contributed by atoms with Crippen molar-refractivity contribution in [3.63, 3.8) is 0 Å². The van der Waals surface area contributed by atoms with Gasteiger partial charge in [0, 0.05) is 23.8 Å². The largest absolute Gasteiger partial charge is 0.453 e. The van der Waals surface area contributed by atoms with E-state index in [1.54, 1.807) is 0 Å². The fraction of sp³-hybridized carbons (Fsp3) is 0.200. The van der Waals surface area contributed by atoms with Gasteiger partial charge in [0.2, 0.25) is 0 Å². The van der Waals surface area contributed by atoms with Crippen LogP contribution in [0.2, 0.25) is 0 Å². The van der Waals surface area contributed by atoms with E-state index in [1.165, 1.54) is 0 Å². The van der Waals surface area contributed by atoms with Gasteiger partial charge in [-0.05, 0) is 12.1 Å². The summed E-state index contributed by atoms with van der Waals surface area (Å²) >= 11 is 0. The Balaban J connectivity index is 2.11. The lowest BCUT2D eigenvalue weighted by Crippen LogP contribution is -2.27. The van der Waals surface area contributed by atoms with Crippen LogP contribution in [0.1, 0.15) is 17.2 Å². The number of alkyl halides is 5. The molecular formula is C15H7F7O3. The number of benzene rings is 2. The molecule has 0 bridgehead atoms. The first-order valence-electron chi connectivity index (χ1n) is 6.62. The maximum absolute atomic E-state index is 13.5. The molecule has 10 heteroatoms. The Bertz CT molecular complexity index is 812. The molecule has 0 fully saturated rings. The van der Waals surface area contributed by atoms with Crippen LogP contribution in [0.15, 0.2) is 30.3 Å². The van der Waals surface area contributed by atoms with Crippen molar-refractivity contribution in [3.8, 4) is 17.2 Å². The molecule has 1 N–H and O–H groups in total. The summed E-state index contributed by atoms with van der Waals surface area (Å²) in [5, 5.41) is 9.48. The minimum Gasteiger partial charge on any atom is -0.453 e. The summed E-state index contributed by atoms with van der Waals surface area (Å²) in [6, 6.07) is 2.95. The third-order valence-electron chi connectivity index (χ3n) is 3.36. The van der Waals surface area contributed by atoms with Crippen molar-refractivity contribution in [2.75, 3.05) is 0 Å². The number of hydrogen-bond donors (Lipinski definition) is 1. The van der Waals surface area contributed by atoms with Gasteiger partial charge in [-0.15, -0.1) is 0 Å². The zero-order valence-electron chi connectivity index (χ0n) is 11.9. The lowest BCUT2D eigenvalue weighted by Gasteiger charge is -2.15. The van der Waals surface area contributed by atoms with Crippen LogP contribution in [0, 0.1) is 11.6 Å². The van der Waals surface area contributed by atoms with E-state index in [9.17, 15) is 35.8 Å². The van der Waals surface area contributed by atoms with E-state index in [0.29, 0.717) is 30.3 Å². The highest BCUT2D eigenvalue weighted by Crippen LogP contribution is 2.54. The van der Waals surface area contributed by atoms with Crippen LogP contribution >= 0.6 is 0 Å². The van der Waals surface area contributed by atoms with E-state index < -0.39 is 58.4 Å². The first-order chi connectivity index (χ1) is 11.5. The zero-order valence-corrected chi connectivity index (χ0v) is 11.9. The van der Waals surface area contributed by atoms with Crippen molar-refractivity contribution in [1.82, 2.24) is 0 Å². The average molecular weight is 368 g/mol. The maximum atomic E-state index is 13.5. The van der Waals surface area contributed by atoms with Gasteiger partial charge >= 0.3 is 12.3 Å². The molecule has 0 spiro atoms. The highest BCUT2D eigenvalue weighted by molar-refractivity contribution is 5.56. The van der Waals surface area contributed by atoms with Gasteiger partial charge in [0.25, 0.3) is 0 Å². The van der Waals surface area contributed by atoms with Crippen molar-refractivity contribution in [2.45, 2.75) is 18.4 Å². The number of aliphatic hydroxyl groups excluding tert-OH is 1. The second-order valence-corrected chi connectivity index (χ2v) is 5.13. The number of ether oxygens (including phenoxy) is 2. The summed E-state index contributed by atoms with van der Waals surface area (Å²) in [4.78, 5) is 0. The predicted molar refractivity (Wildman–Crippen MR) is 68.4 cm³/mol. The fourth-order valence-electron chi connectivity index (χ4n) is 2.36. The van der Waals surface area contributed by atoms with E-state index in [2.05, 4.69) is 4.74 Å². The SMILES string of the molecule is O[C@H]1c2c(C(F)(F)F)ccc(Oc3cc(F)cc(F)c3)c2OC1(F)F. The Morgan fingerprint density at radius 1 is 1.04 bits per heavy atom. The van der Waals surface area contributed by atoms with Gasteiger partial charge in [-0.25, -0.2) is 8.78 Å². The summed E-state index contributed by atoms with van der Waals surface area (Å²) in [6.07, 6.45) is -12.3. The van der Waals surface area contributed by atoms with Crippen LogP contribution in [0.4, 0.5) is 30.7 Å². The Morgan fingerprint density at radius 2 is 1.64 bits per heavy atom. The molecule has 0 saturated carbocycles. The second-order valence-electron chi connectivity index (χ2n) is 5.13. The van der Waals surface area contributed by atoms with Crippen molar-refractivity contribution < 1.29 is 45.3 Å². The van der Waals surface area contributed by atoms with E-state index in [0.717, 1.165) is 0 Å². The van der Waals surface area contributed by atoms with Gasteiger partial charge in [-0.1, -0.05) is 0 Å². The molecule has 2 aromatic rings. The Morgan fingerprint density at radius 3 is 2.20 bits per heavy atom. The number of fused-ring (bicyclic) bond motifs is 1. The summed E-state index contributed by atoms with van der Waals surface area (Å²) in [6.45, 7) is 0. The van der Waals surface area contributed by atoms with Crippen LogP contribution in [-0.4, -0.2) is 11.2 Å². The molecular weight excluding hydrogens is 361 g/mol. The van der Waals surface area contributed by atoms with Gasteiger partial charge in [0.05, 0.1) is 5.56 Å². The molecule has 0 aromatic heterocycles. The molecule has 25 heavy (non-hydrogen) atoms. The molecule has 134 valence electrons. The van der Waals surface area contributed by atoms with Gasteiger partial charge < -0.3 is 14.6 Å². The molecule has 1 atom stereocenters. The second kappa shape index (κ2) is 5.51. The first kappa shape index (κ1) is 17.3. The predicted octanol–water partition coefficient (Wildman–Crippen LogP) is 4.79. The third kappa shape index (κ3) is 3.09. The summed E-state index contributed by atoms with van der Waals surface area (Å²) in [5.74, 6) is -4.32. The Kier molecular flexibility index (Phi) is 3.82. The summed E-state index contributed by atoms with van der Waals surface area (Å²) in [7, 11) is 0. The average Bonchev–Trinajstić information content (AvgIpc) is 2.68. The quantitative estimate of drug-likeness (QED) is 0.775. The van der Waals surface area contributed by atoms with Gasteiger partial charge in [-0.3, -0.25) is 0 Å². The van der Waals surface area contributed by atoms with Crippen LogP contribution in [0.25, 0.3) is 0 Å².